The van der Waals surface area contributed by atoms with Crippen LogP contribution in [-0.2, 0) is 9.53 Å². The highest BCUT2D eigenvalue weighted by atomic mass is 16.5. The maximum Gasteiger partial charge on any atom is 0.257 e. The number of carbonyl (C=O) groups is 2. The Labute approximate surface area is 203 Å². The maximum absolute atomic E-state index is 13.5. The van der Waals surface area contributed by atoms with Gasteiger partial charge in [0, 0.05) is 50.4 Å². The average molecular weight is 476 g/mol. The number of carbonyl (C=O) groups excluding carboxylic acids is 2. The molecule has 5 rings (SSSR count). The van der Waals surface area contributed by atoms with Crippen LogP contribution in [-0.4, -0.2) is 85.5 Å². The molecule has 0 atom stereocenters. The summed E-state index contributed by atoms with van der Waals surface area (Å²) in [5.74, 6) is 0.363. The monoisotopic (exact) mass is 475 g/mol. The number of rotatable bonds is 4. The van der Waals surface area contributed by atoms with Gasteiger partial charge in [0.05, 0.1) is 30.7 Å². The second-order valence-corrected chi connectivity index (χ2v) is 9.00. The van der Waals surface area contributed by atoms with Gasteiger partial charge in [-0.1, -0.05) is 36.4 Å². The van der Waals surface area contributed by atoms with Gasteiger partial charge in [-0.15, -0.1) is 0 Å². The van der Waals surface area contributed by atoms with Gasteiger partial charge in [-0.05, 0) is 19.1 Å². The number of ether oxygens (including phenoxy) is 1. The van der Waals surface area contributed by atoms with E-state index >= 15 is 0 Å². The van der Waals surface area contributed by atoms with Crippen molar-refractivity contribution in [3.05, 3.63) is 69.9 Å². The Morgan fingerprint density at radius 1 is 0.857 bits per heavy atom. The molecule has 35 heavy (non-hydrogen) atoms. The lowest BCUT2D eigenvalue weighted by Crippen LogP contribution is -2.53. The Bertz CT molecular complexity index is 1290. The normalized spacial score (nSPS) is 17.1. The summed E-state index contributed by atoms with van der Waals surface area (Å²) in [7, 11) is 0. The Kier molecular flexibility index (Phi) is 6.66. The molecule has 2 aromatic carbocycles. The van der Waals surface area contributed by atoms with Crippen LogP contribution in [0.5, 0.6) is 0 Å². The van der Waals surface area contributed by atoms with Gasteiger partial charge in [0.15, 0.2) is 11.0 Å². The Hall–Kier alpha value is -3.49. The van der Waals surface area contributed by atoms with E-state index < -0.39 is 0 Å². The van der Waals surface area contributed by atoms with Crippen LogP contribution in [0.3, 0.4) is 0 Å². The Morgan fingerprint density at radius 3 is 2.26 bits per heavy atom. The zero-order chi connectivity index (χ0) is 24.4. The lowest BCUT2D eigenvalue weighted by atomic mass is 10.0. The highest BCUT2D eigenvalue weighted by Crippen LogP contribution is 2.28. The molecule has 0 radical (unpaired) electrons. The van der Waals surface area contributed by atoms with Crippen LogP contribution in [0.15, 0.2) is 57.7 Å². The number of morpholine rings is 1. The lowest BCUT2D eigenvalue weighted by Gasteiger charge is -2.36. The van der Waals surface area contributed by atoms with E-state index in [1.807, 2.05) is 35.2 Å². The van der Waals surface area contributed by atoms with Gasteiger partial charge in [-0.2, -0.15) is 0 Å². The molecule has 3 heterocycles. The number of benzene rings is 2. The van der Waals surface area contributed by atoms with E-state index in [1.54, 1.807) is 30.0 Å². The number of fused-ring (bicyclic) bond motifs is 1. The summed E-state index contributed by atoms with van der Waals surface area (Å²) >= 11 is 0. The van der Waals surface area contributed by atoms with Crippen LogP contribution in [0, 0.1) is 6.92 Å². The molecule has 2 aliphatic heterocycles. The van der Waals surface area contributed by atoms with Gasteiger partial charge in [0.1, 0.15) is 5.76 Å². The maximum atomic E-state index is 13.5. The van der Waals surface area contributed by atoms with Gasteiger partial charge in [0.2, 0.25) is 5.91 Å². The predicted octanol–water partition coefficient (Wildman–Crippen LogP) is 2.39. The molecule has 2 fully saturated rings. The zero-order valence-corrected chi connectivity index (χ0v) is 19.9. The molecule has 182 valence electrons. The number of nitrogens with zero attached hydrogens (tertiary/aromatic N) is 3. The van der Waals surface area contributed by atoms with Crippen molar-refractivity contribution < 1.29 is 18.7 Å². The molecule has 1 aromatic heterocycles. The Balaban J connectivity index is 1.35. The van der Waals surface area contributed by atoms with Crippen molar-refractivity contribution in [2.24, 2.45) is 0 Å². The van der Waals surface area contributed by atoms with Crippen molar-refractivity contribution in [3.63, 3.8) is 0 Å². The van der Waals surface area contributed by atoms with Crippen molar-refractivity contribution in [1.29, 1.82) is 0 Å². The molecule has 0 N–H and O–H groups in total. The fourth-order valence-corrected chi connectivity index (χ4v) is 4.72. The van der Waals surface area contributed by atoms with E-state index in [-0.39, 0.29) is 17.2 Å². The standard InChI is InChI=1S/C27H29N3O5/c1-19-24(32)21-8-5-9-22(26(21)35-25(19)20-6-3-2-4-7-20)27(33)30-12-10-29(11-13-30)23(31)18-28-14-16-34-17-15-28/h2-9H,10-18H2,1H3. The quantitative estimate of drug-likeness (QED) is 0.576. The highest BCUT2D eigenvalue weighted by Gasteiger charge is 2.28. The van der Waals surface area contributed by atoms with Crippen LogP contribution < -0.4 is 5.43 Å². The molecule has 2 saturated heterocycles. The summed E-state index contributed by atoms with van der Waals surface area (Å²) in [5, 5.41) is 0.396. The average Bonchev–Trinajstić information content (AvgIpc) is 2.91. The van der Waals surface area contributed by atoms with E-state index in [2.05, 4.69) is 4.90 Å². The third kappa shape index (κ3) is 4.72. The molecule has 0 bridgehead atoms. The lowest BCUT2D eigenvalue weighted by molar-refractivity contribution is -0.134. The van der Waals surface area contributed by atoms with E-state index in [9.17, 15) is 14.4 Å². The highest BCUT2D eigenvalue weighted by molar-refractivity contribution is 6.05. The number of piperazine rings is 1. The van der Waals surface area contributed by atoms with Crippen LogP contribution in [0.4, 0.5) is 0 Å². The van der Waals surface area contributed by atoms with E-state index in [1.165, 1.54) is 0 Å². The molecule has 2 amide bonds. The van der Waals surface area contributed by atoms with E-state index in [0.29, 0.717) is 73.8 Å². The molecule has 2 aliphatic rings. The van der Waals surface area contributed by atoms with Gasteiger partial charge in [-0.25, -0.2) is 0 Å². The minimum absolute atomic E-state index is 0.0816. The van der Waals surface area contributed by atoms with E-state index in [4.69, 9.17) is 9.15 Å². The van der Waals surface area contributed by atoms with E-state index in [0.717, 1.165) is 18.7 Å². The largest absolute Gasteiger partial charge is 0.455 e. The Morgan fingerprint density at radius 2 is 1.54 bits per heavy atom. The van der Waals surface area contributed by atoms with Crippen LogP contribution in [0.25, 0.3) is 22.3 Å². The molecular formula is C27H29N3O5. The topological polar surface area (TPSA) is 83.3 Å². The minimum Gasteiger partial charge on any atom is -0.455 e. The van der Waals surface area contributed by atoms with Crippen molar-refractivity contribution >= 4 is 22.8 Å². The number of hydrogen-bond acceptors (Lipinski definition) is 6. The van der Waals surface area contributed by atoms with Crippen LogP contribution >= 0.6 is 0 Å². The predicted molar refractivity (Wildman–Crippen MR) is 132 cm³/mol. The van der Waals surface area contributed by atoms with Crippen molar-refractivity contribution in [1.82, 2.24) is 14.7 Å². The molecule has 8 heteroatoms. The van der Waals surface area contributed by atoms with Gasteiger partial charge < -0.3 is 19.0 Å². The fourth-order valence-electron chi connectivity index (χ4n) is 4.72. The third-order valence-corrected chi connectivity index (χ3v) is 6.79. The van der Waals surface area contributed by atoms with Crippen LogP contribution in [0.1, 0.15) is 15.9 Å². The van der Waals surface area contributed by atoms with Gasteiger partial charge in [0.25, 0.3) is 5.91 Å². The first-order chi connectivity index (χ1) is 17.0. The van der Waals surface area contributed by atoms with Gasteiger partial charge >= 0.3 is 0 Å². The number of hydrogen-bond donors (Lipinski definition) is 0. The molecule has 0 spiro atoms. The molecule has 0 saturated carbocycles. The molecule has 8 nitrogen and oxygen atoms in total. The first-order valence-electron chi connectivity index (χ1n) is 12.0. The minimum atomic E-state index is -0.193. The summed E-state index contributed by atoms with van der Waals surface area (Å²) in [6.07, 6.45) is 0. The zero-order valence-electron chi connectivity index (χ0n) is 19.9. The fraction of sp³-hybridized carbons (Fsp3) is 0.370. The SMILES string of the molecule is Cc1c(-c2ccccc2)oc2c(C(=O)N3CCN(C(=O)CN4CCOCC4)CC3)cccc2c1=O. The summed E-state index contributed by atoms with van der Waals surface area (Å²) in [6, 6.07) is 14.6. The smallest absolute Gasteiger partial charge is 0.257 e. The third-order valence-electron chi connectivity index (χ3n) is 6.79. The first-order valence-corrected chi connectivity index (χ1v) is 12.0. The summed E-state index contributed by atoms with van der Waals surface area (Å²) in [6.45, 7) is 6.81. The second kappa shape index (κ2) is 10.0. The molecule has 0 aliphatic carbocycles. The second-order valence-electron chi connectivity index (χ2n) is 9.00. The summed E-state index contributed by atoms with van der Waals surface area (Å²) < 4.78 is 11.6. The van der Waals surface area contributed by atoms with Crippen molar-refractivity contribution in [2.75, 3.05) is 59.0 Å². The summed E-state index contributed by atoms with van der Waals surface area (Å²) in [4.78, 5) is 45.0. The molecule has 0 unspecified atom stereocenters. The van der Waals surface area contributed by atoms with Gasteiger partial charge in [-0.3, -0.25) is 19.3 Å². The van der Waals surface area contributed by atoms with Crippen molar-refractivity contribution in [2.45, 2.75) is 6.92 Å². The first kappa shape index (κ1) is 23.3. The summed E-state index contributed by atoms with van der Waals surface area (Å²) in [5.41, 5.74) is 1.83. The number of amides is 2. The molecule has 3 aromatic rings. The molecular weight excluding hydrogens is 446 g/mol. The van der Waals surface area contributed by atoms with Crippen LogP contribution in [0.2, 0.25) is 0 Å². The number of para-hydroxylation sites is 1. The van der Waals surface area contributed by atoms with Crippen molar-refractivity contribution in [3.8, 4) is 11.3 Å².